The monoisotopic (exact) mass is 326 g/mol. The van der Waals surface area contributed by atoms with Crippen molar-refractivity contribution < 1.29 is 18.6 Å². The molecule has 0 fully saturated rings. The van der Waals surface area contributed by atoms with Gasteiger partial charge >= 0.3 is 0 Å². The van der Waals surface area contributed by atoms with Crippen LogP contribution in [0.2, 0.25) is 0 Å². The second-order valence-electron chi connectivity index (χ2n) is 6.66. The molecule has 0 unspecified atom stereocenters. The molecule has 0 saturated carbocycles. The number of phenols is 1. The fourth-order valence-electron chi connectivity index (χ4n) is 3.77. The first-order valence-corrected chi connectivity index (χ1v) is 7.68. The van der Waals surface area contributed by atoms with E-state index in [0.717, 1.165) is 34.1 Å². The minimum absolute atomic E-state index is 0.0506. The molecule has 3 aromatic carbocycles. The number of aromatic hydroxyl groups is 1. The van der Waals surface area contributed by atoms with E-state index in [9.17, 15) is 13.9 Å². The highest BCUT2D eigenvalue weighted by Gasteiger charge is 2.38. The smallest absolute Gasteiger partial charge is 0.137 e. The zero-order valence-corrected chi connectivity index (χ0v) is 13.6. The summed E-state index contributed by atoms with van der Waals surface area (Å²) < 4.78 is 33.4. The number of hydrogen-bond acceptors (Lipinski definition) is 2. The number of ether oxygens (including phenoxy) is 1. The van der Waals surface area contributed by atoms with Crippen molar-refractivity contribution in [3.05, 3.63) is 59.2 Å². The van der Waals surface area contributed by atoms with E-state index in [-0.39, 0.29) is 11.1 Å². The van der Waals surface area contributed by atoms with E-state index < -0.39 is 17.0 Å². The van der Waals surface area contributed by atoms with Gasteiger partial charge in [-0.1, -0.05) is 19.9 Å². The Kier molecular flexibility index (Phi) is 2.92. The highest BCUT2D eigenvalue weighted by Crippen LogP contribution is 2.54. The molecule has 0 aromatic heterocycles. The minimum atomic E-state index is -0.759. The number of halogens is 2. The molecule has 24 heavy (non-hydrogen) atoms. The summed E-state index contributed by atoms with van der Waals surface area (Å²) >= 11 is 0. The van der Waals surface area contributed by atoms with E-state index in [0.29, 0.717) is 5.39 Å². The third-order valence-corrected chi connectivity index (χ3v) is 4.97. The van der Waals surface area contributed by atoms with Gasteiger partial charge in [-0.25, -0.2) is 8.78 Å². The molecule has 2 nitrogen and oxygen atoms in total. The lowest BCUT2D eigenvalue weighted by atomic mass is 9.82. The zero-order chi connectivity index (χ0) is 17.2. The Hall–Kier alpha value is -2.62. The zero-order valence-electron chi connectivity index (χ0n) is 13.6. The quantitative estimate of drug-likeness (QED) is 0.671. The van der Waals surface area contributed by atoms with Crippen molar-refractivity contribution >= 4 is 10.8 Å². The number of phenolic OH excluding ortho intramolecular Hbond substituents is 1. The van der Waals surface area contributed by atoms with E-state index in [1.807, 2.05) is 32.0 Å². The summed E-state index contributed by atoms with van der Waals surface area (Å²) in [6, 6.07) is 9.34. The minimum Gasteiger partial charge on any atom is -0.507 e. The largest absolute Gasteiger partial charge is 0.507 e. The van der Waals surface area contributed by atoms with Crippen LogP contribution >= 0.6 is 0 Å². The van der Waals surface area contributed by atoms with Crippen molar-refractivity contribution in [1.82, 2.24) is 0 Å². The van der Waals surface area contributed by atoms with Crippen LogP contribution in [0.15, 0.2) is 36.4 Å². The van der Waals surface area contributed by atoms with Gasteiger partial charge < -0.3 is 9.84 Å². The number of fused-ring (bicyclic) bond motifs is 5. The fourth-order valence-corrected chi connectivity index (χ4v) is 3.77. The van der Waals surface area contributed by atoms with Crippen molar-refractivity contribution in [2.24, 2.45) is 0 Å². The predicted octanol–water partition coefficient (Wildman–Crippen LogP) is 5.14. The maximum Gasteiger partial charge on any atom is 0.137 e. The Bertz CT molecular complexity index is 1010. The molecule has 4 rings (SSSR count). The predicted molar refractivity (Wildman–Crippen MR) is 89.6 cm³/mol. The first-order chi connectivity index (χ1) is 11.3. The van der Waals surface area contributed by atoms with E-state index >= 15 is 0 Å². The van der Waals surface area contributed by atoms with Gasteiger partial charge in [-0.3, -0.25) is 0 Å². The molecule has 4 heteroatoms. The third kappa shape index (κ3) is 1.80. The summed E-state index contributed by atoms with van der Waals surface area (Å²) in [5.74, 6) is -0.868. The van der Waals surface area contributed by atoms with Crippen LogP contribution in [0.4, 0.5) is 8.78 Å². The van der Waals surface area contributed by atoms with Gasteiger partial charge in [0.2, 0.25) is 0 Å². The van der Waals surface area contributed by atoms with Crippen LogP contribution in [0, 0.1) is 11.6 Å². The molecule has 0 bridgehead atoms. The van der Waals surface area contributed by atoms with Gasteiger partial charge in [-0.15, -0.1) is 0 Å². The molecular formula is C20H16F2O2. The molecule has 0 heterocycles. The SMILES string of the molecule is COc1ccc2c(c1)C(C)(C)c1cc(O)c3c(F)cc(F)cc3c1-2. The topological polar surface area (TPSA) is 29.5 Å². The van der Waals surface area contributed by atoms with Crippen LogP contribution in [-0.4, -0.2) is 12.2 Å². The number of methoxy groups -OCH3 is 1. The molecule has 0 atom stereocenters. The first-order valence-electron chi connectivity index (χ1n) is 7.68. The lowest BCUT2D eigenvalue weighted by Crippen LogP contribution is -2.15. The summed E-state index contributed by atoms with van der Waals surface area (Å²) in [6.45, 7) is 4.05. The van der Waals surface area contributed by atoms with Crippen molar-refractivity contribution in [3.8, 4) is 22.6 Å². The second-order valence-corrected chi connectivity index (χ2v) is 6.66. The van der Waals surface area contributed by atoms with Gasteiger partial charge in [0.25, 0.3) is 0 Å². The molecular weight excluding hydrogens is 310 g/mol. The van der Waals surface area contributed by atoms with E-state index in [2.05, 4.69) is 0 Å². The lowest BCUT2D eigenvalue weighted by molar-refractivity contribution is 0.413. The van der Waals surface area contributed by atoms with Crippen molar-refractivity contribution in [3.63, 3.8) is 0 Å². The van der Waals surface area contributed by atoms with Crippen LogP contribution in [0.25, 0.3) is 21.9 Å². The maximum atomic E-state index is 14.2. The number of hydrogen-bond donors (Lipinski definition) is 1. The summed E-state index contributed by atoms with van der Waals surface area (Å²) in [5.41, 5.74) is 3.12. The van der Waals surface area contributed by atoms with Crippen molar-refractivity contribution in [1.29, 1.82) is 0 Å². The normalized spacial score (nSPS) is 14.5. The van der Waals surface area contributed by atoms with Gasteiger partial charge in [0.15, 0.2) is 0 Å². The Morgan fingerprint density at radius 1 is 1.00 bits per heavy atom. The van der Waals surface area contributed by atoms with Gasteiger partial charge in [0.1, 0.15) is 23.1 Å². The second kappa shape index (κ2) is 4.69. The van der Waals surface area contributed by atoms with Crippen molar-refractivity contribution in [2.75, 3.05) is 7.11 Å². The molecule has 1 N–H and O–H groups in total. The van der Waals surface area contributed by atoms with Gasteiger partial charge in [-0.05, 0) is 51.9 Å². The van der Waals surface area contributed by atoms with Crippen LogP contribution in [0.3, 0.4) is 0 Å². The summed E-state index contributed by atoms with van der Waals surface area (Å²) in [4.78, 5) is 0. The average molecular weight is 326 g/mol. The average Bonchev–Trinajstić information content (AvgIpc) is 2.74. The Morgan fingerprint density at radius 3 is 2.46 bits per heavy atom. The Morgan fingerprint density at radius 2 is 1.75 bits per heavy atom. The molecule has 1 aliphatic rings. The van der Waals surface area contributed by atoms with Gasteiger partial charge in [0, 0.05) is 11.5 Å². The maximum absolute atomic E-state index is 14.2. The molecule has 122 valence electrons. The Balaban J connectivity index is 2.19. The number of rotatable bonds is 1. The summed E-state index contributed by atoms with van der Waals surface area (Å²) in [5, 5.41) is 10.8. The molecule has 0 saturated heterocycles. The third-order valence-electron chi connectivity index (χ3n) is 4.97. The summed E-state index contributed by atoms with van der Waals surface area (Å²) in [7, 11) is 1.60. The van der Waals surface area contributed by atoms with E-state index in [1.54, 1.807) is 13.2 Å². The lowest BCUT2D eigenvalue weighted by Gasteiger charge is -2.22. The first kappa shape index (κ1) is 14.9. The Labute approximate surface area is 138 Å². The standard InChI is InChI=1S/C20H16F2O2/c1-20(2)14-8-11(24-3)4-5-12(14)18-13-6-10(21)7-16(22)19(13)17(23)9-15(18)20/h4-9,23H,1-3H3. The molecule has 1 aliphatic carbocycles. The summed E-state index contributed by atoms with van der Waals surface area (Å²) in [6.07, 6.45) is 0. The highest BCUT2D eigenvalue weighted by atomic mass is 19.1. The molecule has 0 aliphatic heterocycles. The fraction of sp³-hybridized carbons (Fsp3) is 0.200. The molecule has 3 aromatic rings. The molecule has 0 spiro atoms. The highest BCUT2D eigenvalue weighted by molar-refractivity contribution is 6.05. The number of benzene rings is 3. The molecule has 0 radical (unpaired) electrons. The molecule has 0 amide bonds. The van der Waals surface area contributed by atoms with Crippen LogP contribution in [0.5, 0.6) is 11.5 Å². The van der Waals surface area contributed by atoms with E-state index in [4.69, 9.17) is 4.74 Å². The van der Waals surface area contributed by atoms with Crippen LogP contribution in [0.1, 0.15) is 25.0 Å². The van der Waals surface area contributed by atoms with E-state index in [1.165, 1.54) is 6.07 Å². The van der Waals surface area contributed by atoms with Gasteiger partial charge in [0.05, 0.1) is 12.5 Å². The van der Waals surface area contributed by atoms with Gasteiger partial charge in [-0.2, -0.15) is 0 Å². The van der Waals surface area contributed by atoms with Crippen LogP contribution in [-0.2, 0) is 5.41 Å². The van der Waals surface area contributed by atoms with Crippen molar-refractivity contribution in [2.45, 2.75) is 19.3 Å². The van der Waals surface area contributed by atoms with Crippen LogP contribution < -0.4 is 4.74 Å².